The lowest BCUT2D eigenvalue weighted by atomic mass is 10.2. The van der Waals surface area contributed by atoms with Gasteiger partial charge in [-0.1, -0.05) is 11.6 Å². The number of nitrogens with one attached hydrogen (secondary N) is 1. The molecule has 0 saturated carbocycles. The maximum atomic E-state index is 13.1. The molecule has 0 spiro atoms. The fourth-order valence-corrected chi connectivity index (χ4v) is 2.14. The molecule has 142 valence electrons. The number of amides is 1. The summed E-state index contributed by atoms with van der Waals surface area (Å²) < 4.78 is 23.8. The van der Waals surface area contributed by atoms with E-state index >= 15 is 0 Å². The zero-order valence-electron chi connectivity index (χ0n) is 14.3. The second kappa shape index (κ2) is 9.39. The monoisotopic (exact) mass is 393 g/mol. The number of carbonyl (C=O) groups is 1. The van der Waals surface area contributed by atoms with Crippen LogP contribution in [0.3, 0.4) is 0 Å². The van der Waals surface area contributed by atoms with Crippen molar-refractivity contribution in [3.63, 3.8) is 0 Å². The Balaban J connectivity index is 1.99. The molecular formula is C17H17ClFN5O3. The van der Waals surface area contributed by atoms with Crippen LogP contribution in [-0.2, 0) is 4.79 Å². The molecule has 2 aromatic carbocycles. The molecule has 27 heavy (non-hydrogen) atoms. The Kier molecular flexibility index (Phi) is 6.95. The molecule has 8 nitrogen and oxygen atoms in total. The number of ether oxygens (including phenoxy) is 2. The number of hydrogen-bond acceptors (Lipinski definition) is 5. The van der Waals surface area contributed by atoms with Crippen LogP contribution in [-0.4, -0.2) is 31.8 Å². The Morgan fingerprint density at radius 1 is 1.26 bits per heavy atom. The van der Waals surface area contributed by atoms with Gasteiger partial charge in [0.05, 0.1) is 18.3 Å². The predicted molar refractivity (Wildman–Crippen MR) is 102 cm³/mol. The van der Waals surface area contributed by atoms with Gasteiger partial charge in [-0.05, 0) is 42.0 Å². The van der Waals surface area contributed by atoms with E-state index in [0.717, 1.165) is 6.07 Å². The summed E-state index contributed by atoms with van der Waals surface area (Å²) in [4.78, 5) is 12.0. The predicted octanol–water partition coefficient (Wildman–Crippen LogP) is 2.11. The molecule has 2 aromatic rings. The summed E-state index contributed by atoms with van der Waals surface area (Å²) in [6.07, 6.45) is 1.43. The summed E-state index contributed by atoms with van der Waals surface area (Å²) in [6, 6.07) is 8.78. The van der Waals surface area contributed by atoms with Gasteiger partial charge in [0.25, 0.3) is 5.91 Å². The standard InChI is InChI=1S/C17H17ClFN5O3/c1-26-15-6-10(8-22-24-17(20)21)2-5-14(15)27-9-16(25)23-11-3-4-13(19)12(18)7-11/h2-8H,9H2,1H3,(H,23,25)(H4,20,21,24)/b22-8-. The summed E-state index contributed by atoms with van der Waals surface area (Å²) in [5.74, 6) is -0.436. The van der Waals surface area contributed by atoms with Gasteiger partial charge in [-0.15, -0.1) is 5.10 Å². The van der Waals surface area contributed by atoms with Crippen molar-refractivity contribution < 1.29 is 18.7 Å². The second-order valence-electron chi connectivity index (χ2n) is 5.15. The molecule has 2 rings (SSSR count). The Morgan fingerprint density at radius 3 is 2.70 bits per heavy atom. The molecule has 0 heterocycles. The van der Waals surface area contributed by atoms with Crippen LogP contribution in [0.25, 0.3) is 0 Å². The van der Waals surface area contributed by atoms with Crippen LogP contribution < -0.4 is 26.3 Å². The van der Waals surface area contributed by atoms with Crippen LogP contribution in [0.1, 0.15) is 5.56 Å². The van der Waals surface area contributed by atoms with Gasteiger partial charge in [-0.2, -0.15) is 5.10 Å². The van der Waals surface area contributed by atoms with Crippen LogP contribution in [0.5, 0.6) is 11.5 Å². The van der Waals surface area contributed by atoms with Crippen LogP contribution in [0.4, 0.5) is 10.1 Å². The molecule has 10 heteroatoms. The molecule has 0 unspecified atom stereocenters. The highest BCUT2D eigenvalue weighted by Gasteiger charge is 2.10. The topological polar surface area (TPSA) is 124 Å². The Morgan fingerprint density at radius 2 is 2.04 bits per heavy atom. The van der Waals surface area contributed by atoms with Crippen molar-refractivity contribution in [2.45, 2.75) is 0 Å². The maximum absolute atomic E-state index is 13.1. The van der Waals surface area contributed by atoms with E-state index in [9.17, 15) is 9.18 Å². The lowest BCUT2D eigenvalue weighted by molar-refractivity contribution is -0.118. The lowest BCUT2D eigenvalue weighted by Crippen LogP contribution is -2.21. The average molecular weight is 394 g/mol. The van der Waals surface area contributed by atoms with Crippen molar-refractivity contribution in [2.24, 2.45) is 21.7 Å². The van der Waals surface area contributed by atoms with Crippen LogP contribution >= 0.6 is 11.6 Å². The van der Waals surface area contributed by atoms with Gasteiger partial charge in [-0.25, -0.2) is 4.39 Å². The van der Waals surface area contributed by atoms with Gasteiger partial charge in [0.15, 0.2) is 18.1 Å². The molecule has 1 amide bonds. The first-order valence-corrected chi connectivity index (χ1v) is 7.94. The summed E-state index contributed by atoms with van der Waals surface area (Å²) >= 11 is 5.67. The zero-order valence-corrected chi connectivity index (χ0v) is 15.0. The van der Waals surface area contributed by atoms with E-state index in [2.05, 4.69) is 15.5 Å². The van der Waals surface area contributed by atoms with Gasteiger partial charge < -0.3 is 26.3 Å². The minimum absolute atomic E-state index is 0.0895. The second-order valence-corrected chi connectivity index (χ2v) is 5.55. The average Bonchev–Trinajstić information content (AvgIpc) is 2.63. The van der Waals surface area contributed by atoms with E-state index in [1.165, 1.54) is 25.5 Å². The number of nitrogens with two attached hydrogens (primary N) is 2. The molecule has 0 aliphatic heterocycles. The number of nitrogens with zero attached hydrogens (tertiary/aromatic N) is 2. The number of rotatable bonds is 7. The fourth-order valence-electron chi connectivity index (χ4n) is 1.96. The minimum atomic E-state index is -0.570. The quantitative estimate of drug-likeness (QED) is 0.377. The number of methoxy groups -OCH3 is 1. The first-order valence-electron chi connectivity index (χ1n) is 7.56. The molecule has 0 fully saturated rings. The number of anilines is 1. The molecular weight excluding hydrogens is 377 g/mol. The zero-order chi connectivity index (χ0) is 19.8. The summed E-state index contributed by atoms with van der Waals surface area (Å²) in [5, 5.41) is 9.65. The van der Waals surface area contributed by atoms with Gasteiger partial charge in [-0.3, -0.25) is 4.79 Å². The van der Waals surface area contributed by atoms with Gasteiger partial charge in [0.2, 0.25) is 5.96 Å². The molecule has 0 aliphatic rings. The van der Waals surface area contributed by atoms with E-state index in [-0.39, 0.29) is 17.6 Å². The van der Waals surface area contributed by atoms with Crippen molar-refractivity contribution in [3.05, 3.63) is 52.8 Å². The SMILES string of the molecule is COc1cc(/C=N\N=C(N)N)ccc1OCC(=O)Nc1ccc(F)c(Cl)c1. The highest BCUT2D eigenvalue weighted by molar-refractivity contribution is 6.31. The van der Waals surface area contributed by atoms with Crippen LogP contribution in [0, 0.1) is 5.82 Å². The van der Waals surface area contributed by atoms with Gasteiger partial charge in [0, 0.05) is 5.69 Å². The lowest BCUT2D eigenvalue weighted by Gasteiger charge is -2.11. The Bertz CT molecular complexity index is 885. The maximum Gasteiger partial charge on any atom is 0.262 e. The van der Waals surface area contributed by atoms with Crippen LogP contribution in [0.15, 0.2) is 46.6 Å². The van der Waals surface area contributed by atoms with E-state index in [1.807, 2.05) is 0 Å². The van der Waals surface area contributed by atoms with Crippen molar-refractivity contribution in [1.82, 2.24) is 0 Å². The normalized spacial score (nSPS) is 10.5. The molecule has 0 saturated heterocycles. The molecule has 5 N–H and O–H groups in total. The van der Waals surface area contributed by atoms with Gasteiger partial charge in [0.1, 0.15) is 5.82 Å². The summed E-state index contributed by atoms with van der Waals surface area (Å²) in [5.41, 5.74) is 11.4. The largest absolute Gasteiger partial charge is 0.493 e. The highest BCUT2D eigenvalue weighted by Crippen LogP contribution is 2.27. The summed E-state index contributed by atoms with van der Waals surface area (Å²) in [6.45, 7) is -0.285. The molecule has 0 aliphatic carbocycles. The van der Waals surface area contributed by atoms with E-state index < -0.39 is 11.7 Å². The minimum Gasteiger partial charge on any atom is -0.493 e. The number of benzene rings is 2. The molecule has 0 bridgehead atoms. The fraction of sp³-hybridized carbons (Fsp3) is 0.118. The van der Waals surface area contributed by atoms with E-state index in [1.54, 1.807) is 18.2 Å². The van der Waals surface area contributed by atoms with Crippen molar-refractivity contribution in [3.8, 4) is 11.5 Å². The number of carbonyl (C=O) groups excluding carboxylic acids is 1. The van der Waals surface area contributed by atoms with Crippen molar-refractivity contribution in [1.29, 1.82) is 0 Å². The Hall–Kier alpha value is -3.33. The first kappa shape index (κ1) is 20.0. The first-order chi connectivity index (χ1) is 12.9. The number of hydrogen-bond donors (Lipinski definition) is 3. The third-order valence-electron chi connectivity index (χ3n) is 3.13. The van der Waals surface area contributed by atoms with Crippen molar-refractivity contribution >= 4 is 35.4 Å². The summed E-state index contributed by atoms with van der Waals surface area (Å²) in [7, 11) is 1.46. The highest BCUT2D eigenvalue weighted by atomic mass is 35.5. The third kappa shape index (κ3) is 6.15. The van der Waals surface area contributed by atoms with Crippen molar-refractivity contribution in [2.75, 3.05) is 19.0 Å². The van der Waals surface area contributed by atoms with E-state index in [0.29, 0.717) is 22.7 Å². The molecule has 0 atom stereocenters. The Labute approximate surface area is 159 Å². The smallest absolute Gasteiger partial charge is 0.262 e. The van der Waals surface area contributed by atoms with Gasteiger partial charge >= 0.3 is 0 Å². The third-order valence-corrected chi connectivity index (χ3v) is 3.42. The number of guanidine groups is 1. The molecule has 0 aromatic heterocycles. The van der Waals surface area contributed by atoms with E-state index in [4.69, 9.17) is 32.5 Å². The van der Waals surface area contributed by atoms with Crippen LogP contribution in [0.2, 0.25) is 5.02 Å². The molecule has 0 radical (unpaired) electrons. The number of halogens is 2.